The summed E-state index contributed by atoms with van der Waals surface area (Å²) in [5.41, 5.74) is 1.43. The summed E-state index contributed by atoms with van der Waals surface area (Å²) in [6.07, 6.45) is 0.838. The van der Waals surface area contributed by atoms with E-state index in [1.54, 1.807) is 23.5 Å². The number of tetrazole rings is 1. The molecule has 3 rings (SSSR count). The van der Waals surface area contributed by atoms with Gasteiger partial charge in [-0.05, 0) is 43.3 Å². The average Bonchev–Trinajstić information content (AvgIpc) is 3.19. The highest BCUT2D eigenvalue weighted by molar-refractivity contribution is 7.11. The van der Waals surface area contributed by atoms with E-state index < -0.39 is 0 Å². The molecule has 2 heterocycles. The summed E-state index contributed by atoms with van der Waals surface area (Å²) < 4.78 is 0. The van der Waals surface area contributed by atoms with E-state index in [0.717, 1.165) is 12.0 Å². The topological polar surface area (TPSA) is 83.6 Å². The second kappa shape index (κ2) is 6.70. The lowest BCUT2D eigenvalue weighted by atomic mass is 10.1. The molecule has 2 aromatic heterocycles. The fourth-order valence-corrected chi connectivity index (χ4v) is 3.33. The van der Waals surface area contributed by atoms with E-state index in [1.165, 1.54) is 9.75 Å². The van der Waals surface area contributed by atoms with Crippen molar-refractivity contribution < 1.29 is 4.79 Å². The molecule has 2 N–H and O–H groups in total. The first-order valence-corrected chi connectivity index (χ1v) is 8.13. The van der Waals surface area contributed by atoms with Gasteiger partial charge in [0.2, 0.25) is 5.82 Å². The fourth-order valence-electron chi connectivity index (χ4n) is 2.31. The summed E-state index contributed by atoms with van der Waals surface area (Å²) in [4.78, 5) is 14.9. The van der Waals surface area contributed by atoms with Gasteiger partial charge in [0.25, 0.3) is 5.91 Å². The van der Waals surface area contributed by atoms with Crippen LogP contribution in [0.1, 0.15) is 27.0 Å². The highest BCUT2D eigenvalue weighted by atomic mass is 32.1. The number of thiophene rings is 1. The van der Waals surface area contributed by atoms with Gasteiger partial charge in [-0.1, -0.05) is 12.1 Å². The molecule has 7 heteroatoms. The van der Waals surface area contributed by atoms with Gasteiger partial charge in [0, 0.05) is 33.3 Å². The van der Waals surface area contributed by atoms with Crippen LogP contribution in [0.3, 0.4) is 0 Å². The highest BCUT2D eigenvalue weighted by Gasteiger charge is 2.12. The maximum absolute atomic E-state index is 12.3. The van der Waals surface area contributed by atoms with Crippen molar-refractivity contribution in [2.24, 2.45) is 0 Å². The van der Waals surface area contributed by atoms with Gasteiger partial charge in [-0.3, -0.25) is 4.79 Å². The van der Waals surface area contributed by atoms with Gasteiger partial charge in [0.1, 0.15) is 0 Å². The second-order valence-electron chi connectivity index (χ2n) is 5.40. The summed E-state index contributed by atoms with van der Waals surface area (Å²) >= 11 is 1.77. The van der Waals surface area contributed by atoms with E-state index >= 15 is 0 Å². The number of nitrogens with one attached hydrogen (secondary N) is 2. The van der Waals surface area contributed by atoms with Crippen molar-refractivity contribution >= 4 is 17.2 Å². The minimum Gasteiger partial charge on any atom is -0.349 e. The first-order valence-electron chi connectivity index (χ1n) is 7.32. The van der Waals surface area contributed by atoms with E-state index in [2.05, 4.69) is 45.0 Å². The van der Waals surface area contributed by atoms with Crippen molar-refractivity contribution in [3.63, 3.8) is 0 Å². The van der Waals surface area contributed by atoms with Gasteiger partial charge in [0.15, 0.2) is 0 Å². The van der Waals surface area contributed by atoms with Crippen LogP contribution >= 0.6 is 11.3 Å². The molecule has 1 aromatic carbocycles. The average molecular weight is 327 g/mol. The first kappa shape index (κ1) is 15.4. The van der Waals surface area contributed by atoms with Crippen LogP contribution in [0.25, 0.3) is 11.4 Å². The number of nitrogens with zero attached hydrogens (tertiary/aromatic N) is 3. The Hall–Kier alpha value is -2.54. The van der Waals surface area contributed by atoms with Crippen LogP contribution < -0.4 is 5.32 Å². The van der Waals surface area contributed by atoms with E-state index in [9.17, 15) is 4.79 Å². The molecule has 0 bridgehead atoms. The molecule has 3 aromatic rings. The van der Waals surface area contributed by atoms with Crippen LogP contribution in [0.2, 0.25) is 0 Å². The van der Waals surface area contributed by atoms with Crippen LogP contribution in [0, 0.1) is 6.92 Å². The Labute approximate surface area is 137 Å². The van der Waals surface area contributed by atoms with Gasteiger partial charge in [-0.15, -0.1) is 21.5 Å². The zero-order valence-corrected chi connectivity index (χ0v) is 13.7. The van der Waals surface area contributed by atoms with Gasteiger partial charge >= 0.3 is 0 Å². The lowest BCUT2D eigenvalue weighted by Crippen LogP contribution is -2.33. The predicted octanol–water partition coefficient (Wildman–Crippen LogP) is 2.60. The quantitative estimate of drug-likeness (QED) is 0.754. The summed E-state index contributed by atoms with van der Waals surface area (Å²) in [7, 11) is 0. The highest BCUT2D eigenvalue weighted by Crippen LogP contribution is 2.17. The monoisotopic (exact) mass is 327 g/mol. The number of H-pyrrole nitrogens is 1. The molecule has 0 fully saturated rings. The number of hydrogen-bond donors (Lipinski definition) is 2. The Kier molecular flexibility index (Phi) is 4.47. The van der Waals surface area contributed by atoms with Crippen LogP contribution in [0.5, 0.6) is 0 Å². The number of amides is 1. The summed E-state index contributed by atoms with van der Waals surface area (Å²) in [5.74, 6) is 0.434. The van der Waals surface area contributed by atoms with Crippen molar-refractivity contribution in [2.45, 2.75) is 26.3 Å². The summed E-state index contributed by atoms with van der Waals surface area (Å²) in [5, 5.41) is 16.8. The number of hydrogen-bond acceptors (Lipinski definition) is 5. The molecule has 0 aliphatic carbocycles. The van der Waals surface area contributed by atoms with Crippen molar-refractivity contribution in [1.29, 1.82) is 0 Å². The van der Waals surface area contributed by atoms with E-state index in [4.69, 9.17) is 0 Å². The number of aromatic amines is 1. The molecule has 0 spiro atoms. The summed E-state index contributed by atoms with van der Waals surface area (Å²) in [6.45, 7) is 4.10. The number of carbonyl (C=O) groups is 1. The van der Waals surface area contributed by atoms with Crippen molar-refractivity contribution in [2.75, 3.05) is 0 Å². The van der Waals surface area contributed by atoms with Crippen LogP contribution in [0.4, 0.5) is 0 Å². The number of benzene rings is 1. The molecule has 6 nitrogen and oxygen atoms in total. The Morgan fingerprint density at radius 1 is 1.26 bits per heavy atom. The maximum atomic E-state index is 12.3. The van der Waals surface area contributed by atoms with Crippen LogP contribution in [0.15, 0.2) is 36.4 Å². The molecule has 0 radical (unpaired) electrons. The molecule has 0 unspecified atom stereocenters. The largest absolute Gasteiger partial charge is 0.349 e. The van der Waals surface area contributed by atoms with Crippen molar-refractivity contribution in [3.8, 4) is 11.4 Å². The third kappa shape index (κ3) is 3.81. The first-order chi connectivity index (χ1) is 11.1. The lowest BCUT2D eigenvalue weighted by molar-refractivity contribution is 0.0940. The van der Waals surface area contributed by atoms with Crippen molar-refractivity contribution in [3.05, 3.63) is 51.7 Å². The Morgan fingerprint density at radius 3 is 2.65 bits per heavy atom. The molecular weight excluding hydrogens is 310 g/mol. The summed E-state index contributed by atoms with van der Waals surface area (Å²) in [6, 6.07) is 11.5. The zero-order valence-electron chi connectivity index (χ0n) is 12.9. The SMILES string of the molecule is Cc1ccc(C[C@H](C)NC(=O)c2ccc(-c3nn[nH]n3)cc2)s1. The maximum Gasteiger partial charge on any atom is 0.251 e. The molecule has 23 heavy (non-hydrogen) atoms. The van der Waals surface area contributed by atoms with Crippen molar-refractivity contribution in [1.82, 2.24) is 25.9 Å². The van der Waals surface area contributed by atoms with E-state index in [-0.39, 0.29) is 11.9 Å². The normalized spacial score (nSPS) is 12.1. The Bertz CT molecular complexity index is 779. The molecule has 0 saturated carbocycles. The third-order valence-corrected chi connectivity index (χ3v) is 4.45. The van der Waals surface area contributed by atoms with Crippen LogP contribution in [-0.2, 0) is 6.42 Å². The number of aromatic nitrogens is 4. The standard InChI is InChI=1S/C16H17N5OS/c1-10(9-14-8-3-11(2)23-14)17-16(22)13-6-4-12(5-7-13)15-18-20-21-19-15/h3-8,10H,9H2,1-2H3,(H,17,22)(H,18,19,20,21)/t10-/m0/s1. The molecule has 0 saturated heterocycles. The van der Waals surface area contributed by atoms with Gasteiger partial charge in [-0.2, -0.15) is 5.21 Å². The molecule has 1 amide bonds. The lowest BCUT2D eigenvalue weighted by Gasteiger charge is -2.13. The molecule has 0 aliphatic rings. The molecule has 1 atom stereocenters. The smallest absolute Gasteiger partial charge is 0.251 e. The second-order valence-corrected chi connectivity index (χ2v) is 6.78. The predicted molar refractivity (Wildman–Crippen MR) is 89.3 cm³/mol. The minimum absolute atomic E-state index is 0.0783. The molecule has 118 valence electrons. The van der Waals surface area contributed by atoms with Gasteiger partial charge < -0.3 is 5.32 Å². The van der Waals surface area contributed by atoms with E-state index in [1.807, 2.05) is 19.1 Å². The van der Waals surface area contributed by atoms with Gasteiger partial charge in [-0.25, -0.2) is 0 Å². The Morgan fingerprint density at radius 2 is 2.04 bits per heavy atom. The fraction of sp³-hybridized carbons (Fsp3) is 0.250. The van der Waals surface area contributed by atoms with Gasteiger partial charge in [0.05, 0.1) is 0 Å². The number of rotatable bonds is 5. The minimum atomic E-state index is -0.0783. The zero-order chi connectivity index (χ0) is 16.2. The third-order valence-electron chi connectivity index (χ3n) is 3.43. The molecular formula is C16H17N5OS. The van der Waals surface area contributed by atoms with E-state index in [0.29, 0.717) is 11.4 Å². The Balaban J connectivity index is 1.61. The number of carbonyl (C=O) groups excluding carboxylic acids is 1. The number of aryl methyl sites for hydroxylation is 1. The van der Waals surface area contributed by atoms with Crippen LogP contribution in [-0.4, -0.2) is 32.6 Å². The molecule has 0 aliphatic heterocycles.